The lowest BCUT2D eigenvalue weighted by atomic mass is 9.93. The number of unbranched alkanes of at least 4 members (excludes halogenated alkanes) is 3. The Balaban J connectivity index is 2.38. The van der Waals surface area contributed by atoms with E-state index in [1.807, 2.05) is 20.8 Å². The lowest BCUT2D eigenvalue weighted by molar-refractivity contribution is -0.0694. The Hall–Kier alpha value is -0.290. The maximum absolute atomic E-state index is 12.1. The van der Waals surface area contributed by atoms with Gasteiger partial charge in [-0.2, -0.15) is 0 Å². The lowest BCUT2D eigenvalue weighted by Crippen LogP contribution is -2.50. The molecule has 0 aromatic rings. The van der Waals surface area contributed by atoms with Crippen LogP contribution in [0.5, 0.6) is 0 Å². The molecule has 0 spiro atoms. The third-order valence-electron chi connectivity index (χ3n) is 3.98. The number of carbonyl (C=O) groups excluding carboxylic acids is 1. The lowest BCUT2D eigenvalue weighted by Gasteiger charge is -2.41. The van der Waals surface area contributed by atoms with Gasteiger partial charge in [-0.05, 0) is 40.0 Å². The second kappa shape index (κ2) is 9.11. The Kier molecular flexibility index (Phi) is 8.19. The van der Waals surface area contributed by atoms with Gasteiger partial charge in [-0.25, -0.2) is 4.79 Å². The zero-order valence-electron chi connectivity index (χ0n) is 14.6. The maximum Gasteiger partial charge on any atom is 0.410 e. The molecule has 0 aromatic carbocycles. The van der Waals surface area contributed by atoms with Gasteiger partial charge in [0.05, 0.1) is 5.60 Å². The molecular weight excluding hydrogens is 346 g/mol. The Bertz CT molecular complexity index is 333. The zero-order chi connectivity index (χ0) is 16.6. The standard InChI is InChI=1S/C17H32BrNO3/c1-5-6-7-8-13-21-17(14-18)9-11-19(12-10-17)15(20)22-16(2,3)4/h5-14H2,1-4H3. The maximum atomic E-state index is 12.1. The first kappa shape index (κ1) is 19.8. The number of likely N-dealkylation sites (tertiary alicyclic amines) is 1. The van der Waals surface area contributed by atoms with E-state index < -0.39 is 5.60 Å². The van der Waals surface area contributed by atoms with Gasteiger partial charge in [0.2, 0.25) is 0 Å². The van der Waals surface area contributed by atoms with Gasteiger partial charge >= 0.3 is 6.09 Å². The van der Waals surface area contributed by atoms with Crippen LogP contribution in [0.2, 0.25) is 0 Å². The zero-order valence-corrected chi connectivity index (χ0v) is 16.2. The van der Waals surface area contributed by atoms with Gasteiger partial charge in [0.1, 0.15) is 5.60 Å². The molecule has 1 fully saturated rings. The van der Waals surface area contributed by atoms with E-state index in [2.05, 4.69) is 22.9 Å². The number of rotatable bonds is 7. The van der Waals surface area contributed by atoms with E-state index in [0.717, 1.165) is 31.2 Å². The molecule has 0 atom stereocenters. The number of piperidine rings is 1. The Labute approximate surface area is 144 Å². The molecule has 1 saturated heterocycles. The topological polar surface area (TPSA) is 38.8 Å². The third kappa shape index (κ3) is 6.86. The van der Waals surface area contributed by atoms with Gasteiger partial charge in [-0.3, -0.25) is 0 Å². The van der Waals surface area contributed by atoms with E-state index in [-0.39, 0.29) is 11.7 Å². The van der Waals surface area contributed by atoms with E-state index >= 15 is 0 Å². The molecule has 0 saturated carbocycles. The van der Waals surface area contributed by atoms with Crippen molar-refractivity contribution in [2.75, 3.05) is 25.0 Å². The van der Waals surface area contributed by atoms with Crippen molar-refractivity contribution in [3.8, 4) is 0 Å². The Morgan fingerprint density at radius 2 is 1.82 bits per heavy atom. The smallest absolute Gasteiger partial charge is 0.410 e. The van der Waals surface area contributed by atoms with Crippen LogP contribution in [0.1, 0.15) is 66.2 Å². The van der Waals surface area contributed by atoms with Gasteiger partial charge in [-0.15, -0.1) is 0 Å². The summed E-state index contributed by atoms with van der Waals surface area (Å²) in [5, 5.41) is 0.829. The summed E-state index contributed by atoms with van der Waals surface area (Å²) < 4.78 is 11.6. The van der Waals surface area contributed by atoms with Crippen LogP contribution in [0, 0.1) is 0 Å². The van der Waals surface area contributed by atoms with E-state index in [1.54, 1.807) is 4.90 Å². The van der Waals surface area contributed by atoms with E-state index in [0.29, 0.717) is 13.1 Å². The Morgan fingerprint density at radius 3 is 2.32 bits per heavy atom. The molecule has 0 aromatic heterocycles. The largest absolute Gasteiger partial charge is 0.444 e. The molecule has 130 valence electrons. The van der Waals surface area contributed by atoms with Gasteiger partial charge in [0.15, 0.2) is 0 Å². The summed E-state index contributed by atoms with van der Waals surface area (Å²) in [6, 6.07) is 0. The molecule has 1 amide bonds. The molecule has 0 N–H and O–H groups in total. The summed E-state index contributed by atoms with van der Waals surface area (Å²) in [7, 11) is 0. The van der Waals surface area contributed by atoms with Crippen molar-refractivity contribution in [2.24, 2.45) is 0 Å². The summed E-state index contributed by atoms with van der Waals surface area (Å²) >= 11 is 3.60. The van der Waals surface area contributed by atoms with Crippen LogP contribution in [0.4, 0.5) is 4.79 Å². The highest BCUT2D eigenvalue weighted by Crippen LogP contribution is 2.29. The monoisotopic (exact) mass is 377 g/mol. The highest BCUT2D eigenvalue weighted by molar-refractivity contribution is 9.09. The summed E-state index contributed by atoms with van der Waals surface area (Å²) in [5.41, 5.74) is -0.554. The molecule has 0 bridgehead atoms. The predicted octanol–water partition coefficient (Wildman–Crippen LogP) is 4.75. The minimum absolute atomic E-state index is 0.120. The highest BCUT2D eigenvalue weighted by Gasteiger charge is 2.37. The van der Waals surface area contributed by atoms with E-state index in [1.165, 1.54) is 19.3 Å². The quantitative estimate of drug-likeness (QED) is 0.474. The molecule has 0 aliphatic carbocycles. The number of alkyl halides is 1. The molecule has 1 aliphatic rings. The van der Waals surface area contributed by atoms with Crippen molar-refractivity contribution in [1.82, 2.24) is 4.90 Å². The second-order valence-corrected chi connectivity index (χ2v) is 7.75. The minimum atomic E-state index is -0.434. The molecule has 1 heterocycles. The summed E-state index contributed by atoms with van der Waals surface area (Å²) in [4.78, 5) is 13.9. The molecule has 22 heavy (non-hydrogen) atoms. The number of hydrogen-bond acceptors (Lipinski definition) is 3. The Morgan fingerprint density at radius 1 is 1.18 bits per heavy atom. The third-order valence-corrected chi connectivity index (χ3v) is 5.00. The SMILES string of the molecule is CCCCCCOC1(CBr)CCN(C(=O)OC(C)(C)C)CC1. The van der Waals surface area contributed by atoms with Crippen molar-refractivity contribution in [3.63, 3.8) is 0 Å². The summed E-state index contributed by atoms with van der Waals surface area (Å²) in [6.07, 6.45) is 6.40. The second-order valence-electron chi connectivity index (χ2n) is 7.19. The number of halogens is 1. The molecule has 5 heteroatoms. The van der Waals surface area contributed by atoms with Crippen molar-refractivity contribution in [2.45, 2.75) is 77.4 Å². The number of amides is 1. The average Bonchev–Trinajstić information content (AvgIpc) is 2.46. The van der Waals surface area contributed by atoms with Crippen LogP contribution < -0.4 is 0 Å². The normalized spacial score (nSPS) is 18.3. The van der Waals surface area contributed by atoms with Crippen molar-refractivity contribution in [3.05, 3.63) is 0 Å². The van der Waals surface area contributed by atoms with Crippen LogP contribution in [0.3, 0.4) is 0 Å². The predicted molar refractivity (Wildman–Crippen MR) is 93.7 cm³/mol. The van der Waals surface area contributed by atoms with Crippen LogP contribution in [-0.2, 0) is 9.47 Å². The van der Waals surface area contributed by atoms with E-state index in [4.69, 9.17) is 9.47 Å². The molecule has 1 aliphatic heterocycles. The van der Waals surface area contributed by atoms with Gasteiger partial charge in [0.25, 0.3) is 0 Å². The van der Waals surface area contributed by atoms with Crippen LogP contribution in [0.15, 0.2) is 0 Å². The van der Waals surface area contributed by atoms with Gasteiger partial charge in [-0.1, -0.05) is 42.1 Å². The van der Waals surface area contributed by atoms with Gasteiger partial charge < -0.3 is 14.4 Å². The van der Waals surface area contributed by atoms with Crippen molar-refractivity contribution >= 4 is 22.0 Å². The highest BCUT2D eigenvalue weighted by atomic mass is 79.9. The molecule has 1 rings (SSSR count). The minimum Gasteiger partial charge on any atom is -0.444 e. The average molecular weight is 378 g/mol. The fourth-order valence-electron chi connectivity index (χ4n) is 2.56. The first-order valence-electron chi connectivity index (χ1n) is 8.50. The fourth-order valence-corrected chi connectivity index (χ4v) is 3.28. The van der Waals surface area contributed by atoms with Crippen molar-refractivity contribution in [1.29, 1.82) is 0 Å². The summed E-state index contributed by atoms with van der Waals surface area (Å²) in [6.45, 7) is 10.1. The van der Waals surface area contributed by atoms with Crippen LogP contribution in [0.25, 0.3) is 0 Å². The van der Waals surface area contributed by atoms with E-state index in [9.17, 15) is 4.79 Å². The molecular formula is C17H32BrNO3. The van der Waals surface area contributed by atoms with Crippen LogP contribution in [-0.4, -0.2) is 47.2 Å². The van der Waals surface area contributed by atoms with Gasteiger partial charge in [0, 0.05) is 25.0 Å². The summed E-state index contributed by atoms with van der Waals surface area (Å²) in [5.74, 6) is 0. The van der Waals surface area contributed by atoms with Crippen LogP contribution >= 0.6 is 15.9 Å². The number of ether oxygens (including phenoxy) is 2. The number of nitrogens with zero attached hydrogens (tertiary/aromatic N) is 1. The first-order valence-corrected chi connectivity index (χ1v) is 9.62. The first-order chi connectivity index (χ1) is 10.3. The number of carbonyl (C=O) groups is 1. The number of hydrogen-bond donors (Lipinski definition) is 0. The fraction of sp³-hybridized carbons (Fsp3) is 0.941. The molecule has 0 radical (unpaired) electrons. The van der Waals surface area contributed by atoms with Crippen molar-refractivity contribution < 1.29 is 14.3 Å². The molecule has 4 nitrogen and oxygen atoms in total. The molecule has 0 unspecified atom stereocenters.